The highest BCUT2D eigenvalue weighted by atomic mass is 16.6. The summed E-state index contributed by atoms with van der Waals surface area (Å²) in [5.74, 6) is -1.15. The van der Waals surface area contributed by atoms with E-state index in [2.05, 4.69) is 16.0 Å². The molecule has 9 heteroatoms. The van der Waals surface area contributed by atoms with Crippen LogP contribution in [0.15, 0.2) is 85.1 Å². The molecule has 1 aromatic heterocycles. The van der Waals surface area contributed by atoms with E-state index in [9.17, 15) is 19.7 Å². The van der Waals surface area contributed by atoms with Crippen molar-refractivity contribution >= 4 is 17.5 Å². The minimum absolute atomic E-state index is 0.0867. The Morgan fingerprint density at radius 1 is 0.909 bits per heavy atom. The second-order valence-electron chi connectivity index (χ2n) is 7.20. The summed E-state index contributed by atoms with van der Waals surface area (Å²) in [4.78, 5) is 35.9. The molecule has 2 N–H and O–H groups in total. The van der Waals surface area contributed by atoms with Crippen LogP contribution in [0.3, 0.4) is 0 Å². The van der Waals surface area contributed by atoms with Gasteiger partial charge in [-0.05, 0) is 31.2 Å². The molecule has 1 heterocycles. The Kier molecular flexibility index (Phi) is 5.94. The van der Waals surface area contributed by atoms with Gasteiger partial charge in [0.05, 0.1) is 16.2 Å². The van der Waals surface area contributed by atoms with Crippen molar-refractivity contribution in [2.24, 2.45) is 0 Å². The number of aryl methyl sites for hydroxylation is 1. The number of nitro benzene ring substituents is 1. The molecule has 0 spiro atoms. The maximum absolute atomic E-state index is 13.0. The quantitative estimate of drug-likeness (QED) is 0.360. The van der Waals surface area contributed by atoms with E-state index in [-0.39, 0.29) is 16.8 Å². The fourth-order valence-corrected chi connectivity index (χ4v) is 3.32. The minimum Gasteiger partial charge on any atom is -0.267 e. The second kappa shape index (κ2) is 9.15. The first-order chi connectivity index (χ1) is 15.9. The number of nitrogens with one attached hydrogen (secondary N) is 2. The van der Waals surface area contributed by atoms with Gasteiger partial charge in [-0.25, -0.2) is 4.68 Å². The Morgan fingerprint density at radius 2 is 1.55 bits per heavy atom. The Morgan fingerprint density at radius 3 is 2.18 bits per heavy atom. The standard InChI is InChI=1S/C24H19N5O4/c1-16-14-18(12-13-21(16)29(32)33)23(30)25-26-24(31)20-15-28(19-10-6-3-7-11-19)27-22(20)17-8-4-2-5-9-17/h2-15H,1H3,(H,25,30)(H,26,31). The van der Waals surface area contributed by atoms with Crippen molar-refractivity contribution in [2.75, 3.05) is 0 Å². The number of nitro groups is 1. The number of hydrazine groups is 1. The number of para-hydroxylation sites is 1. The third-order valence-electron chi connectivity index (χ3n) is 4.97. The Hall–Kier alpha value is -4.79. The first-order valence-corrected chi connectivity index (χ1v) is 10.0. The van der Waals surface area contributed by atoms with E-state index < -0.39 is 16.7 Å². The molecular weight excluding hydrogens is 422 g/mol. The lowest BCUT2D eigenvalue weighted by Gasteiger charge is -2.08. The van der Waals surface area contributed by atoms with E-state index in [4.69, 9.17) is 0 Å². The first-order valence-electron chi connectivity index (χ1n) is 10.0. The molecule has 0 atom stereocenters. The lowest BCUT2D eigenvalue weighted by atomic mass is 10.1. The van der Waals surface area contributed by atoms with E-state index in [1.807, 2.05) is 60.7 Å². The number of rotatable bonds is 5. The van der Waals surface area contributed by atoms with E-state index in [1.54, 1.807) is 10.9 Å². The number of hydrogen-bond donors (Lipinski definition) is 2. The van der Waals surface area contributed by atoms with Crippen LogP contribution in [0, 0.1) is 17.0 Å². The van der Waals surface area contributed by atoms with Crippen molar-refractivity contribution in [3.63, 3.8) is 0 Å². The Bertz CT molecular complexity index is 1330. The molecular formula is C24H19N5O4. The summed E-state index contributed by atoms with van der Waals surface area (Å²) in [5.41, 5.74) is 7.44. The maximum atomic E-state index is 13.0. The van der Waals surface area contributed by atoms with Crippen LogP contribution in [0.4, 0.5) is 5.69 Å². The fourth-order valence-electron chi connectivity index (χ4n) is 3.32. The lowest BCUT2D eigenvalue weighted by Crippen LogP contribution is -2.41. The average Bonchev–Trinajstić information content (AvgIpc) is 3.29. The Balaban J connectivity index is 1.57. The molecule has 0 aliphatic rings. The summed E-state index contributed by atoms with van der Waals surface area (Å²) in [6.45, 7) is 1.54. The number of carbonyl (C=O) groups excluding carboxylic acids is 2. The number of benzene rings is 3. The molecule has 0 saturated heterocycles. The number of hydrogen-bond acceptors (Lipinski definition) is 5. The van der Waals surface area contributed by atoms with Crippen molar-refractivity contribution in [3.8, 4) is 16.9 Å². The molecule has 164 valence electrons. The van der Waals surface area contributed by atoms with Crippen LogP contribution in [-0.4, -0.2) is 26.5 Å². The van der Waals surface area contributed by atoms with Crippen LogP contribution in [0.2, 0.25) is 0 Å². The minimum atomic E-state index is -0.599. The summed E-state index contributed by atoms with van der Waals surface area (Å²) in [5, 5.41) is 15.5. The summed E-state index contributed by atoms with van der Waals surface area (Å²) < 4.78 is 1.60. The average molecular weight is 441 g/mol. The van der Waals surface area contributed by atoms with Gasteiger partial charge in [0.2, 0.25) is 0 Å². The van der Waals surface area contributed by atoms with Gasteiger partial charge in [-0.1, -0.05) is 48.5 Å². The SMILES string of the molecule is Cc1cc(C(=O)NNC(=O)c2cn(-c3ccccc3)nc2-c2ccccc2)ccc1[N+](=O)[O-]. The molecule has 3 aromatic carbocycles. The highest BCUT2D eigenvalue weighted by Gasteiger charge is 2.20. The highest BCUT2D eigenvalue weighted by molar-refractivity contribution is 6.02. The van der Waals surface area contributed by atoms with Gasteiger partial charge in [0.25, 0.3) is 17.5 Å². The van der Waals surface area contributed by atoms with Crippen LogP contribution in [0.1, 0.15) is 26.3 Å². The topological polar surface area (TPSA) is 119 Å². The van der Waals surface area contributed by atoms with Gasteiger partial charge in [0.1, 0.15) is 5.69 Å². The largest absolute Gasteiger partial charge is 0.273 e. The first kappa shape index (κ1) is 21.4. The van der Waals surface area contributed by atoms with Crippen LogP contribution < -0.4 is 10.9 Å². The molecule has 0 aliphatic heterocycles. The van der Waals surface area contributed by atoms with Gasteiger partial charge in [0.15, 0.2) is 0 Å². The van der Waals surface area contributed by atoms with E-state index in [1.165, 1.54) is 25.1 Å². The number of nitrogens with zero attached hydrogens (tertiary/aromatic N) is 3. The molecule has 9 nitrogen and oxygen atoms in total. The molecule has 0 saturated carbocycles. The van der Waals surface area contributed by atoms with E-state index >= 15 is 0 Å². The van der Waals surface area contributed by atoms with Crippen LogP contribution in [-0.2, 0) is 0 Å². The molecule has 0 bridgehead atoms. The fraction of sp³-hybridized carbons (Fsp3) is 0.0417. The molecule has 0 radical (unpaired) electrons. The molecule has 0 fully saturated rings. The zero-order valence-electron chi connectivity index (χ0n) is 17.6. The number of amides is 2. The smallest absolute Gasteiger partial charge is 0.267 e. The molecule has 2 amide bonds. The van der Waals surface area contributed by atoms with Crippen molar-refractivity contribution < 1.29 is 14.5 Å². The van der Waals surface area contributed by atoms with Gasteiger partial charge in [-0.15, -0.1) is 0 Å². The molecule has 0 unspecified atom stereocenters. The Labute approximate surface area is 188 Å². The second-order valence-corrected chi connectivity index (χ2v) is 7.20. The van der Waals surface area contributed by atoms with Crippen molar-refractivity contribution in [1.29, 1.82) is 0 Å². The maximum Gasteiger partial charge on any atom is 0.273 e. The highest BCUT2D eigenvalue weighted by Crippen LogP contribution is 2.23. The summed E-state index contributed by atoms with van der Waals surface area (Å²) in [6.07, 6.45) is 1.59. The van der Waals surface area contributed by atoms with Crippen LogP contribution >= 0.6 is 0 Å². The van der Waals surface area contributed by atoms with Gasteiger partial charge in [-0.2, -0.15) is 5.10 Å². The van der Waals surface area contributed by atoms with E-state index in [0.717, 1.165) is 11.3 Å². The summed E-state index contributed by atoms with van der Waals surface area (Å²) in [7, 11) is 0. The zero-order chi connectivity index (χ0) is 23.4. The van der Waals surface area contributed by atoms with Gasteiger partial charge >= 0.3 is 0 Å². The summed E-state index contributed by atoms with van der Waals surface area (Å²) >= 11 is 0. The molecule has 4 rings (SSSR count). The van der Waals surface area contributed by atoms with Gasteiger partial charge in [0, 0.05) is 29.0 Å². The third kappa shape index (κ3) is 4.62. The zero-order valence-corrected chi connectivity index (χ0v) is 17.6. The van der Waals surface area contributed by atoms with Crippen molar-refractivity contribution in [3.05, 3.63) is 112 Å². The normalized spacial score (nSPS) is 10.5. The molecule has 4 aromatic rings. The summed E-state index contributed by atoms with van der Waals surface area (Å²) in [6, 6.07) is 22.5. The van der Waals surface area contributed by atoms with Gasteiger partial charge in [-0.3, -0.25) is 30.6 Å². The van der Waals surface area contributed by atoms with Crippen molar-refractivity contribution in [2.45, 2.75) is 6.92 Å². The number of aromatic nitrogens is 2. The lowest BCUT2D eigenvalue weighted by molar-refractivity contribution is -0.385. The number of carbonyl (C=O) groups is 2. The van der Waals surface area contributed by atoms with Crippen molar-refractivity contribution in [1.82, 2.24) is 20.6 Å². The van der Waals surface area contributed by atoms with Crippen LogP contribution in [0.5, 0.6) is 0 Å². The molecule has 0 aliphatic carbocycles. The van der Waals surface area contributed by atoms with E-state index in [0.29, 0.717) is 11.3 Å². The van der Waals surface area contributed by atoms with Gasteiger partial charge < -0.3 is 0 Å². The molecule has 33 heavy (non-hydrogen) atoms. The monoisotopic (exact) mass is 441 g/mol. The van der Waals surface area contributed by atoms with Crippen LogP contribution in [0.25, 0.3) is 16.9 Å². The predicted octanol–water partition coefficient (Wildman–Crippen LogP) is 3.83. The predicted molar refractivity (Wildman–Crippen MR) is 122 cm³/mol. The third-order valence-corrected chi connectivity index (χ3v) is 4.97.